The Kier molecular flexibility index (Phi) is 1.50. The van der Waals surface area contributed by atoms with E-state index in [0.717, 1.165) is 5.70 Å². The maximum absolute atomic E-state index is 10.7. The van der Waals surface area contributed by atoms with Gasteiger partial charge in [0.15, 0.2) is 5.78 Å². The van der Waals surface area contributed by atoms with E-state index in [9.17, 15) is 4.79 Å². The van der Waals surface area contributed by atoms with Crippen LogP contribution in [-0.4, -0.2) is 11.9 Å². The summed E-state index contributed by atoms with van der Waals surface area (Å²) in [5, 5.41) is 0. The number of nitrogens with two attached hydrogens (primary N) is 1. The molecule has 0 aliphatic carbocycles. The van der Waals surface area contributed by atoms with E-state index in [0.29, 0.717) is 0 Å². The smallest absolute Gasteiger partial charge is 0.190 e. The molecule has 0 aromatic heterocycles. The SMILES string of the molecule is CC1=CC(=O)C(N)NN1. The van der Waals surface area contributed by atoms with Crippen molar-refractivity contribution >= 4 is 5.78 Å². The second-order valence-corrected chi connectivity index (χ2v) is 1.98. The highest BCUT2D eigenvalue weighted by Gasteiger charge is 2.13. The number of hydrazine groups is 1. The molecule has 0 saturated carbocycles. The molecule has 4 N–H and O–H groups in total. The lowest BCUT2D eigenvalue weighted by Gasteiger charge is -2.18. The monoisotopic (exact) mass is 127 g/mol. The van der Waals surface area contributed by atoms with Crippen molar-refractivity contribution < 1.29 is 4.79 Å². The van der Waals surface area contributed by atoms with Gasteiger partial charge < -0.3 is 11.2 Å². The number of hydrogen-bond acceptors (Lipinski definition) is 4. The Morgan fingerprint density at radius 3 is 2.89 bits per heavy atom. The zero-order valence-corrected chi connectivity index (χ0v) is 5.14. The molecule has 0 radical (unpaired) electrons. The van der Waals surface area contributed by atoms with Gasteiger partial charge in [0.1, 0.15) is 6.17 Å². The molecule has 0 bridgehead atoms. The van der Waals surface area contributed by atoms with Crippen LogP contribution in [0.2, 0.25) is 0 Å². The first kappa shape index (κ1) is 6.25. The van der Waals surface area contributed by atoms with Crippen LogP contribution < -0.4 is 16.6 Å². The van der Waals surface area contributed by atoms with Crippen LogP contribution in [0.25, 0.3) is 0 Å². The summed E-state index contributed by atoms with van der Waals surface area (Å²) >= 11 is 0. The Bertz CT molecular complexity index is 164. The molecule has 0 aromatic carbocycles. The van der Waals surface area contributed by atoms with Gasteiger partial charge in [0, 0.05) is 11.8 Å². The molecule has 1 aliphatic heterocycles. The van der Waals surface area contributed by atoms with E-state index >= 15 is 0 Å². The third kappa shape index (κ3) is 1.28. The van der Waals surface area contributed by atoms with Crippen molar-refractivity contribution in [2.75, 3.05) is 0 Å². The molecule has 0 saturated heterocycles. The van der Waals surface area contributed by atoms with E-state index in [1.807, 2.05) is 0 Å². The number of rotatable bonds is 0. The van der Waals surface area contributed by atoms with Crippen LogP contribution >= 0.6 is 0 Å². The highest BCUT2D eigenvalue weighted by atomic mass is 16.1. The molecular formula is C5H9N3O. The number of carbonyl (C=O) groups excluding carboxylic acids is 1. The second-order valence-electron chi connectivity index (χ2n) is 1.98. The number of carbonyl (C=O) groups is 1. The average Bonchev–Trinajstić information content (AvgIpc) is 1.80. The average molecular weight is 127 g/mol. The maximum Gasteiger partial charge on any atom is 0.190 e. The maximum atomic E-state index is 10.7. The van der Waals surface area contributed by atoms with Gasteiger partial charge in [-0.25, -0.2) is 5.43 Å². The molecule has 0 fully saturated rings. The predicted molar refractivity (Wildman–Crippen MR) is 33.0 cm³/mol. The van der Waals surface area contributed by atoms with E-state index in [1.165, 1.54) is 6.08 Å². The third-order valence-electron chi connectivity index (χ3n) is 1.09. The first-order valence-corrected chi connectivity index (χ1v) is 2.69. The van der Waals surface area contributed by atoms with Gasteiger partial charge in [0.25, 0.3) is 0 Å². The zero-order chi connectivity index (χ0) is 6.85. The molecular weight excluding hydrogens is 118 g/mol. The van der Waals surface area contributed by atoms with Crippen molar-refractivity contribution in [3.8, 4) is 0 Å². The van der Waals surface area contributed by atoms with Gasteiger partial charge in [-0.2, -0.15) is 0 Å². The molecule has 1 atom stereocenters. The number of ketones is 1. The topological polar surface area (TPSA) is 67.2 Å². The Morgan fingerprint density at radius 1 is 1.78 bits per heavy atom. The summed E-state index contributed by atoms with van der Waals surface area (Å²) < 4.78 is 0. The molecule has 4 heteroatoms. The van der Waals surface area contributed by atoms with Crippen molar-refractivity contribution in [2.24, 2.45) is 5.73 Å². The van der Waals surface area contributed by atoms with Crippen LogP contribution in [0.1, 0.15) is 6.92 Å². The molecule has 1 unspecified atom stereocenters. The largest absolute Gasteiger partial charge is 0.324 e. The fraction of sp³-hybridized carbons (Fsp3) is 0.400. The molecule has 0 aromatic rings. The van der Waals surface area contributed by atoms with Gasteiger partial charge in [0.2, 0.25) is 0 Å². The van der Waals surface area contributed by atoms with Crippen LogP contribution in [0.5, 0.6) is 0 Å². The van der Waals surface area contributed by atoms with E-state index in [4.69, 9.17) is 5.73 Å². The fourth-order valence-electron chi connectivity index (χ4n) is 0.602. The minimum Gasteiger partial charge on any atom is -0.324 e. The molecule has 1 rings (SSSR count). The molecule has 0 spiro atoms. The number of allylic oxidation sites excluding steroid dienone is 1. The molecule has 1 aliphatic rings. The Hall–Kier alpha value is -0.870. The minimum atomic E-state index is -0.589. The first-order valence-electron chi connectivity index (χ1n) is 2.69. The van der Waals surface area contributed by atoms with E-state index in [2.05, 4.69) is 10.9 Å². The second kappa shape index (κ2) is 2.16. The molecule has 0 amide bonds. The van der Waals surface area contributed by atoms with Crippen LogP contribution in [0.15, 0.2) is 11.8 Å². The Balaban J connectivity index is 2.70. The predicted octanol–water partition coefficient (Wildman–Crippen LogP) is -1.15. The number of hydrogen-bond donors (Lipinski definition) is 3. The lowest BCUT2D eigenvalue weighted by Crippen LogP contribution is -2.53. The summed E-state index contributed by atoms with van der Waals surface area (Å²) in [6.45, 7) is 1.79. The number of nitrogens with one attached hydrogen (secondary N) is 2. The van der Waals surface area contributed by atoms with E-state index < -0.39 is 6.17 Å². The van der Waals surface area contributed by atoms with Crippen molar-refractivity contribution in [1.29, 1.82) is 0 Å². The lowest BCUT2D eigenvalue weighted by atomic mass is 10.2. The highest BCUT2D eigenvalue weighted by molar-refractivity contribution is 5.94. The fourth-order valence-corrected chi connectivity index (χ4v) is 0.602. The molecule has 4 nitrogen and oxygen atoms in total. The Morgan fingerprint density at radius 2 is 2.44 bits per heavy atom. The van der Waals surface area contributed by atoms with Gasteiger partial charge in [0.05, 0.1) is 0 Å². The summed E-state index contributed by atoms with van der Waals surface area (Å²) in [6.07, 6.45) is 0.884. The van der Waals surface area contributed by atoms with Crippen LogP contribution in [0.4, 0.5) is 0 Å². The van der Waals surface area contributed by atoms with Crippen LogP contribution in [0.3, 0.4) is 0 Å². The minimum absolute atomic E-state index is 0.0914. The van der Waals surface area contributed by atoms with Gasteiger partial charge in [-0.3, -0.25) is 4.79 Å². The van der Waals surface area contributed by atoms with Gasteiger partial charge >= 0.3 is 0 Å². The standard InChI is InChI=1S/C5H9N3O/c1-3-2-4(9)5(6)8-7-3/h2,5,7-8H,6H2,1H3. The summed E-state index contributed by atoms with van der Waals surface area (Å²) in [5.41, 5.74) is 11.4. The van der Waals surface area contributed by atoms with Crippen LogP contribution in [-0.2, 0) is 4.79 Å². The van der Waals surface area contributed by atoms with Crippen molar-refractivity contribution in [1.82, 2.24) is 10.9 Å². The summed E-state index contributed by atoms with van der Waals surface area (Å²) in [6, 6.07) is 0. The zero-order valence-electron chi connectivity index (χ0n) is 5.14. The van der Waals surface area contributed by atoms with E-state index in [-0.39, 0.29) is 5.78 Å². The summed E-state index contributed by atoms with van der Waals surface area (Å²) in [7, 11) is 0. The first-order chi connectivity index (χ1) is 4.20. The summed E-state index contributed by atoms with van der Waals surface area (Å²) in [4.78, 5) is 10.7. The third-order valence-corrected chi connectivity index (χ3v) is 1.09. The quantitative estimate of drug-likeness (QED) is 0.384. The van der Waals surface area contributed by atoms with Crippen molar-refractivity contribution in [2.45, 2.75) is 13.1 Å². The van der Waals surface area contributed by atoms with Gasteiger partial charge in [-0.15, -0.1) is 0 Å². The lowest BCUT2D eigenvalue weighted by molar-refractivity contribution is -0.117. The van der Waals surface area contributed by atoms with E-state index in [1.54, 1.807) is 6.92 Å². The molecule has 50 valence electrons. The van der Waals surface area contributed by atoms with Crippen LogP contribution in [0, 0.1) is 0 Å². The Labute approximate surface area is 53.1 Å². The van der Waals surface area contributed by atoms with Gasteiger partial charge in [-0.1, -0.05) is 0 Å². The highest BCUT2D eigenvalue weighted by Crippen LogP contribution is 1.92. The normalized spacial score (nSPS) is 27.1. The molecule has 9 heavy (non-hydrogen) atoms. The molecule has 1 heterocycles. The van der Waals surface area contributed by atoms with Gasteiger partial charge in [-0.05, 0) is 6.92 Å². The van der Waals surface area contributed by atoms with Crippen molar-refractivity contribution in [3.05, 3.63) is 11.8 Å². The summed E-state index contributed by atoms with van der Waals surface area (Å²) in [5.74, 6) is -0.0914. The van der Waals surface area contributed by atoms with Crippen molar-refractivity contribution in [3.63, 3.8) is 0 Å².